The lowest BCUT2D eigenvalue weighted by molar-refractivity contribution is 0.229. The molecule has 4 heteroatoms. The molecule has 1 atom stereocenters. The molecule has 0 bridgehead atoms. The predicted molar refractivity (Wildman–Crippen MR) is 83.6 cm³/mol. The van der Waals surface area contributed by atoms with Crippen molar-refractivity contribution >= 4 is 22.7 Å². The smallest absolute Gasteiger partial charge is 0.169 e. The third kappa shape index (κ3) is 2.69. The highest BCUT2D eigenvalue weighted by Gasteiger charge is 2.28. The largest absolute Gasteiger partial charge is 0.381 e. The van der Waals surface area contributed by atoms with Gasteiger partial charge in [0, 0.05) is 6.04 Å². The van der Waals surface area contributed by atoms with Gasteiger partial charge in [-0.15, -0.1) is 0 Å². The molecule has 1 aromatic carbocycles. The van der Waals surface area contributed by atoms with Crippen LogP contribution in [0.2, 0.25) is 0 Å². The SMILES string of the molecule is CC1(C)CCCC(Nc2nc3ccccc3nc2N)C1. The summed E-state index contributed by atoms with van der Waals surface area (Å²) in [6.45, 7) is 4.66. The van der Waals surface area contributed by atoms with Crippen LogP contribution in [-0.4, -0.2) is 16.0 Å². The summed E-state index contributed by atoms with van der Waals surface area (Å²) in [5.74, 6) is 1.22. The van der Waals surface area contributed by atoms with E-state index in [-0.39, 0.29) is 0 Å². The van der Waals surface area contributed by atoms with Crippen LogP contribution in [-0.2, 0) is 0 Å². The van der Waals surface area contributed by atoms with Crippen LogP contribution in [0.4, 0.5) is 11.6 Å². The van der Waals surface area contributed by atoms with E-state index in [1.807, 2.05) is 24.3 Å². The first-order valence-electron chi connectivity index (χ1n) is 7.32. The van der Waals surface area contributed by atoms with E-state index in [1.165, 1.54) is 19.3 Å². The van der Waals surface area contributed by atoms with Gasteiger partial charge in [0.25, 0.3) is 0 Å². The zero-order valence-electron chi connectivity index (χ0n) is 12.2. The molecule has 3 N–H and O–H groups in total. The van der Waals surface area contributed by atoms with Gasteiger partial charge >= 0.3 is 0 Å². The fourth-order valence-electron chi connectivity index (χ4n) is 3.13. The second kappa shape index (κ2) is 4.93. The first-order valence-corrected chi connectivity index (χ1v) is 7.32. The molecule has 0 radical (unpaired) electrons. The monoisotopic (exact) mass is 270 g/mol. The number of nitrogens with one attached hydrogen (secondary N) is 1. The Labute approximate surface area is 119 Å². The maximum atomic E-state index is 6.04. The Morgan fingerprint density at radius 1 is 1.20 bits per heavy atom. The van der Waals surface area contributed by atoms with Crippen LogP contribution < -0.4 is 11.1 Å². The van der Waals surface area contributed by atoms with Gasteiger partial charge in [0.1, 0.15) is 0 Å². The molecular formula is C16H22N4. The van der Waals surface area contributed by atoms with Crippen molar-refractivity contribution in [2.24, 2.45) is 5.41 Å². The molecule has 1 heterocycles. The van der Waals surface area contributed by atoms with E-state index in [2.05, 4.69) is 29.1 Å². The molecular weight excluding hydrogens is 248 g/mol. The molecule has 1 aliphatic rings. The number of anilines is 2. The van der Waals surface area contributed by atoms with Crippen molar-refractivity contribution in [3.63, 3.8) is 0 Å². The minimum absolute atomic E-state index is 0.398. The molecule has 1 aromatic heterocycles. The van der Waals surface area contributed by atoms with E-state index in [0.717, 1.165) is 23.3 Å². The van der Waals surface area contributed by atoms with E-state index in [1.54, 1.807) is 0 Å². The summed E-state index contributed by atoms with van der Waals surface area (Å²) >= 11 is 0. The van der Waals surface area contributed by atoms with Gasteiger partial charge in [-0.2, -0.15) is 0 Å². The standard InChI is InChI=1S/C16H22N4/c1-16(2)9-5-6-11(10-16)18-15-14(17)19-12-7-3-4-8-13(12)20-15/h3-4,7-8,11H,5-6,9-10H2,1-2H3,(H2,17,19)(H,18,20). The Balaban J connectivity index is 1.85. The fraction of sp³-hybridized carbons (Fsp3) is 0.500. The molecule has 20 heavy (non-hydrogen) atoms. The summed E-state index contributed by atoms with van der Waals surface area (Å²) in [6, 6.07) is 8.27. The van der Waals surface area contributed by atoms with Crippen molar-refractivity contribution in [2.75, 3.05) is 11.1 Å². The summed E-state index contributed by atoms with van der Waals surface area (Å²) in [7, 11) is 0. The van der Waals surface area contributed by atoms with E-state index >= 15 is 0 Å². The van der Waals surface area contributed by atoms with Gasteiger partial charge in [0.05, 0.1) is 11.0 Å². The van der Waals surface area contributed by atoms with Crippen LogP contribution in [0.15, 0.2) is 24.3 Å². The van der Waals surface area contributed by atoms with E-state index < -0.39 is 0 Å². The van der Waals surface area contributed by atoms with Crippen molar-refractivity contribution in [1.82, 2.24) is 9.97 Å². The Morgan fingerprint density at radius 3 is 2.60 bits per heavy atom. The molecule has 1 saturated carbocycles. The van der Waals surface area contributed by atoms with Crippen molar-refractivity contribution in [3.8, 4) is 0 Å². The molecule has 106 valence electrons. The number of fused-ring (bicyclic) bond motifs is 1. The number of hydrogen-bond acceptors (Lipinski definition) is 4. The Bertz CT molecular complexity index is 621. The second-order valence-electron chi connectivity index (χ2n) is 6.55. The molecule has 1 aliphatic carbocycles. The molecule has 0 amide bonds. The van der Waals surface area contributed by atoms with Crippen LogP contribution in [0.3, 0.4) is 0 Å². The average molecular weight is 270 g/mol. The van der Waals surface area contributed by atoms with Crippen molar-refractivity contribution < 1.29 is 0 Å². The lowest BCUT2D eigenvalue weighted by Gasteiger charge is -2.35. The van der Waals surface area contributed by atoms with Crippen molar-refractivity contribution in [3.05, 3.63) is 24.3 Å². The van der Waals surface area contributed by atoms with Gasteiger partial charge in [0.2, 0.25) is 0 Å². The molecule has 1 unspecified atom stereocenters. The van der Waals surface area contributed by atoms with Crippen molar-refractivity contribution in [1.29, 1.82) is 0 Å². The first kappa shape index (κ1) is 13.2. The number of nitrogens with two attached hydrogens (primary N) is 1. The summed E-state index contributed by atoms with van der Waals surface area (Å²) in [4.78, 5) is 9.05. The number of nitrogens with zero attached hydrogens (tertiary/aromatic N) is 2. The highest BCUT2D eigenvalue weighted by atomic mass is 15.1. The van der Waals surface area contributed by atoms with Crippen LogP contribution >= 0.6 is 0 Å². The Kier molecular flexibility index (Phi) is 3.24. The number of rotatable bonds is 2. The first-order chi connectivity index (χ1) is 9.53. The van der Waals surface area contributed by atoms with E-state index in [4.69, 9.17) is 5.73 Å². The van der Waals surface area contributed by atoms with E-state index in [0.29, 0.717) is 17.3 Å². The topological polar surface area (TPSA) is 63.8 Å². The summed E-state index contributed by atoms with van der Waals surface area (Å²) in [6.07, 6.45) is 4.88. The van der Waals surface area contributed by atoms with Crippen molar-refractivity contribution in [2.45, 2.75) is 45.6 Å². The third-order valence-electron chi connectivity index (χ3n) is 4.14. The number of nitrogen functional groups attached to an aromatic ring is 1. The minimum atomic E-state index is 0.398. The van der Waals surface area contributed by atoms with Gasteiger partial charge < -0.3 is 11.1 Å². The Hall–Kier alpha value is -1.84. The Morgan fingerprint density at radius 2 is 1.90 bits per heavy atom. The normalized spacial score (nSPS) is 21.8. The molecule has 0 aliphatic heterocycles. The number of aromatic nitrogens is 2. The molecule has 3 rings (SSSR count). The summed E-state index contributed by atoms with van der Waals surface area (Å²) in [5.41, 5.74) is 8.17. The van der Waals surface area contributed by atoms with Gasteiger partial charge in [-0.1, -0.05) is 32.4 Å². The van der Waals surface area contributed by atoms with Crippen LogP contribution in [0.25, 0.3) is 11.0 Å². The lowest BCUT2D eigenvalue weighted by Crippen LogP contribution is -2.32. The van der Waals surface area contributed by atoms with Crippen LogP contribution in [0, 0.1) is 5.41 Å². The van der Waals surface area contributed by atoms with Gasteiger partial charge in [-0.25, -0.2) is 9.97 Å². The minimum Gasteiger partial charge on any atom is -0.381 e. The maximum Gasteiger partial charge on any atom is 0.169 e. The second-order valence-corrected chi connectivity index (χ2v) is 6.55. The predicted octanol–water partition coefficient (Wildman–Crippen LogP) is 3.59. The highest BCUT2D eigenvalue weighted by Crippen LogP contribution is 2.36. The highest BCUT2D eigenvalue weighted by molar-refractivity contribution is 5.79. The maximum absolute atomic E-state index is 6.04. The summed E-state index contributed by atoms with van der Waals surface area (Å²) < 4.78 is 0. The quantitative estimate of drug-likeness (QED) is 0.875. The zero-order chi connectivity index (χ0) is 14.2. The third-order valence-corrected chi connectivity index (χ3v) is 4.14. The van der Waals surface area contributed by atoms with Crippen LogP contribution in [0.1, 0.15) is 39.5 Å². The fourth-order valence-corrected chi connectivity index (χ4v) is 3.13. The molecule has 0 saturated heterocycles. The average Bonchev–Trinajstić information content (AvgIpc) is 2.38. The molecule has 0 spiro atoms. The van der Waals surface area contributed by atoms with Gasteiger partial charge in [0.15, 0.2) is 11.6 Å². The lowest BCUT2D eigenvalue weighted by atomic mass is 9.75. The number of hydrogen-bond donors (Lipinski definition) is 2. The van der Waals surface area contributed by atoms with Gasteiger partial charge in [-0.3, -0.25) is 0 Å². The number of benzene rings is 1. The zero-order valence-corrected chi connectivity index (χ0v) is 12.2. The molecule has 2 aromatic rings. The van der Waals surface area contributed by atoms with Gasteiger partial charge in [-0.05, 0) is 36.8 Å². The van der Waals surface area contributed by atoms with Crippen LogP contribution in [0.5, 0.6) is 0 Å². The summed E-state index contributed by atoms with van der Waals surface area (Å²) in [5, 5.41) is 3.50. The van der Waals surface area contributed by atoms with E-state index in [9.17, 15) is 0 Å². The molecule has 1 fully saturated rings. The number of para-hydroxylation sites is 2. The molecule has 4 nitrogen and oxygen atoms in total.